The summed E-state index contributed by atoms with van der Waals surface area (Å²) >= 11 is 0. The molecule has 9 nitrogen and oxygen atoms in total. The highest BCUT2D eigenvalue weighted by Crippen LogP contribution is 2.30. The second-order valence-electron chi connectivity index (χ2n) is 8.49. The third-order valence-corrected chi connectivity index (χ3v) is 6.21. The molecular weight excluding hydrogens is 508 g/mol. The number of carbonyl (C=O) groups is 1. The number of hydrogen-bond donors (Lipinski definition) is 1. The van der Waals surface area contributed by atoms with Crippen LogP contribution >= 0.6 is 0 Å². The van der Waals surface area contributed by atoms with Crippen LogP contribution in [0.25, 0.3) is 0 Å². The quantitative estimate of drug-likeness (QED) is 0.518. The number of aromatic amines is 1. The Labute approximate surface area is 208 Å². The predicted octanol–water partition coefficient (Wildman–Crippen LogP) is 3.33. The lowest BCUT2D eigenvalue weighted by molar-refractivity contribution is -0.139. The van der Waals surface area contributed by atoms with Crippen molar-refractivity contribution in [2.24, 2.45) is 0 Å². The van der Waals surface area contributed by atoms with Gasteiger partial charge in [-0.15, -0.1) is 0 Å². The van der Waals surface area contributed by atoms with E-state index < -0.39 is 29.0 Å². The Bertz CT molecular complexity index is 1110. The number of alkyl halides is 6. The minimum Gasteiger partial charge on any atom is -0.352 e. The number of aromatic nitrogens is 4. The molecule has 1 N–H and O–H groups in total. The van der Waals surface area contributed by atoms with Gasteiger partial charge in [0.05, 0.1) is 5.56 Å². The Kier molecular flexibility index (Phi) is 8.64. The Balaban J connectivity index is 1.58. The number of piperazine rings is 1. The molecule has 1 fully saturated rings. The number of hydrogen-bond acceptors (Lipinski definition) is 7. The summed E-state index contributed by atoms with van der Waals surface area (Å²) in [6.45, 7) is 5.24. The van der Waals surface area contributed by atoms with Crippen LogP contribution in [-0.4, -0.2) is 69.7 Å². The van der Waals surface area contributed by atoms with Crippen LogP contribution in [0.5, 0.6) is 0 Å². The molecule has 0 aromatic carbocycles. The first-order valence-electron chi connectivity index (χ1n) is 11.7. The number of halogens is 6. The Morgan fingerprint density at radius 2 is 1.68 bits per heavy atom. The van der Waals surface area contributed by atoms with Crippen LogP contribution in [0.1, 0.15) is 44.2 Å². The van der Waals surface area contributed by atoms with Gasteiger partial charge in [-0.25, -0.2) is 15.1 Å². The molecule has 0 spiro atoms. The SMILES string of the molecule is CC[C@@H](CCC(=O)N1CCN(c2ncc(C(F)(F)F)cn2)CC1)N(CC)c1cc(C(F)(F)F)c(=O)[nH]n1. The minimum absolute atomic E-state index is 0.0288. The molecule has 1 amide bonds. The molecule has 1 atom stereocenters. The third-order valence-electron chi connectivity index (χ3n) is 6.21. The Hall–Kier alpha value is -3.39. The lowest BCUT2D eigenvalue weighted by Gasteiger charge is -2.35. The number of nitrogens with zero attached hydrogens (tertiary/aromatic N) is 6. The second kappa shape index (κ2) is 11.3. The van der Waals surface area contributed by atoms with Crippen molar-refractivity contribution < 1.29 is 31.1 Å². The fraction of sp³-hybridized carbons (Fsp3) is 0.591. The fourth-order valence-electron chi connectivity index (χ4n) is 4.18. The zero-order chi connectivity index (χ0) is 27.4. The first-order valence-corrected chi connectivity index (χ1v) is 11.7. The zero-order valence-corrected chi connectivity index (χ0v) is 20.2. The first-order chi connectivity index (χ1) is 17.3. The van der Waals surface area contributed by atoms with E-state index in [1.807, 2.05) is 12.0 Å². The lowest BCUT2D eigenvalue weighted by Crippen LogP contribution is -2.49. The standard InChI is InChI=1S/C22H27F6N7O2/c1-3-15(35(4-2)17-11-16(22(26,27)28)19(37)32-31-17)5-6-18(36)33-7-9-34(10-8-33)20-29-12-14(13-30-20)21(23,24)25/h11-13,15H,3-10H2,1-2H3,(H,32,37)/t15-/m0/s1. The predicted molar refractivity (Wildman–Crippen MR) is 122 cm³/mol. The molecule has 15 heteroatoms. The van der Waals surface area contributed by atoms with Crippen LogP contribution < -0.4 is 15.4 Å². The summed E-state index contributed by atoms with van der Waals surface area (Å²) in [5.41, 5.74) is -3.60. The first kappa shape index (κ1) is 28.2. The summed E-state index contributed by atoms with van der Waals surface area (Å²) in [5, 5.41) is 5.68. The topological polar surface area (TPSA) is 98.3 Å². The average Bonchev–Trinajstić information content (AvgIpc) is 2.86. The number of H-pyrrole nitrogens is 1. The summed E-state index contributed by atoms with van der Waals surface area (Å²) < 4.78 is 77.6. The Morgan fingerprint density at radius 1 is 1.05 bits per heavy atom. The second-order valence-corrected chi connectivity index (χ2v) is 8.49. The van der Waals surface area contributed by atoms with Gasteiger partial charge < -0.3 is 14.7 Å². The maximum atomic E-state index is 13.2. The molecule has 0 aliphatic carbocycles. The van der Waals surface area contributed by atoms with Gasteiger partial charge in [-0.3, -0.25) is 9.59 Å². The molecule has 2 aromatic heterocycles. The number of carbonyl (C=O) groups excluding carboxylic acids is 1. The fourth-order valence-corrected chi connectivity index (χ4v) is 4.18. The van der Waals surface area contributed by atoms with Gasteiger partial charge in [0, 0.05) is 63.6 Å². The summed E-state index contributed by atoms with van der Waals surface area (Å²) in [6, 6.07) is 0.422. The molecule has 37 heavy (non-hydrogen) atoms. The van der Waals surface area contributed by atoms with Crippen LogP contribution in [0.2, 0.25) is 0 Å². The summed E-state index contributed by atoms with van der Waals surface area (Å²) in [6.07, 6.45) is -6.88. The van der Waals surface area contributed by atoms with Crippen LogP contribution in [0, 0.1) is 0 Å². The smallest absolute Gasteiger partial charge is 0.352 e. The number of anilines is 2. The van der Waals surface area contributed by atoms with Crippen molar-refractivity contribution in [1.82, 2.24) is 25.1 Å². The number of rotatable bonds is 8. The van der Waals surface area contributed by atoms with Gasteiger partial charge >= 0.3 is 12.4 Å². The Morgan fingerprint density at radius 3 is 2.19 bits per heavy atom. The van der Waals surface area contributed by atoms with E-state index in [-0.39, 0.29) is 30.1 Å². The van der Waals surface area contributed by atoms with E-state index in [2.05, 4.69) is 15.1 Å². The van der Waals surface area contributed by atoms with Crippen LogP contribution in [-0.2, 0) is 17.1 Å². The van der Waals surface area contributed by atoms with E-state index in [4.69, 9.17) is 0 Å². The van der Waals surface area contributed by atoms with E-state index in [1.165, 1.54) is 0 Å². The molecule has 2 aromatic rings. The van der Waals surface area contributed by atoms with Gasteiger partial charge in [-0.2, -0.15) is 31.4 Å². The van der Waals surface area contributed by atoms with Crippen molar-refractivity contribution in [2.75, 3.05) is 42.5 Å². The van der Waals surface area contributed by atoms with Crippen LogP contribution in [0.3, 0.4) is 0 Å². The molecule has 3 heterocycles. The molecule has 1 saturated heterocycles. The van der Waals surface area contributed by atoms with Gasteiger partial charge in [0.2, 0.25) is 11.9 Å². The highest BCUT2D eigenvalue weighted by atomic mass is 19.4. The molecule has 0 saturated carbocycles. The lowest BCUT2D eigenvalue weighted by atomic mass is 10.1. The van der Waals surface area contributed by atoms with Gasteiger partial charge in [-0.1, -0.05) is 6.92 Å². The number of nitrogens with one attached hydrogen (secondary N) is 1. The van der Waals surface area contributed by atoms with Crippen LogP contribution in [0.15, 0.2) is 23.3 Å². The summed E-state index contributed by atoms with van der Waals surface area (Å²) in [7, 11) is 0. The van der Waals surface area contributed by atoms with Crippen molar-refractivity contribution in [1.29, 1.82) is 0 Å². The zero-order valence-electron chi connectivity index (χ0n) is 20.2. The number of amides is 1. The average molecular weight is 535 g/mol. The molecule has 1 aliphatic rings. The van der Waals surface area contributed by atoms with Gasteiger partial charge in [0.15, 0.2) is 0 Å². The largest absolute Gasteiger partial charge is 0.421 e. The van der Waals surface area contributed by atoms with Gasteiger partial charge in [-0.05, 0) is 19.8 Å². The minimum atomic E-state index is -4.82. The van der Waals surface area contributed by atoms with Gasteiger partial charge in [0.25, 0.3) is 5.56 Å². The monoisotopic (exact) mass is 535 g/mol. The van der Waals surface area contributed by atoms with Crippen molar-refractivity contribution >= 4 is 17.7 Å². The van der Waals surface area contributed by atoms with Crippen molar-refractivity contribution in [3.8, 4) is 0 Å². The highest BCUT2D eigenvalue weighted by Gasteiger charge is 2.35. The molecule has 0 bridgehead atoms. The molecular formula is C22H27F6N7O2. The van der Waals surface area contributed by atoms with Crippen molar-refractivity contribution in [3.63, 3.8) is 0 Å². The molecule has 3 rings (SSSR count). The van der Waals surface area contributed by atoms with E-state index in [0.717, 1.165) is 18.5 Å². The van der Waals surface area contributed by atoms with Crippen LogP contribution in [0.4, 0.5) is 38.1 Å². The third kappa shape index (κ3) is 6.89. The normalized spacial score (nSPS) is 15.6. The van der Waals surface area contributed by atoms with Crippen molar-refractivity contribution in [2.45, 2.75) is 51.5 Å². The molecule has 0 unspecified atom stereocenters. The van der Waals surface area contributed by atoms with E-state index >= 15 is 0 Å². The van der Waals surface area contributed by atoms with E-state index in [9.17, 15) is 35.9 Å². The van der Waals surface area contributed by atoms with E-state index in [1.54, 1.807) is 21.6 Å². The molecule has 1 aliphatic heterocycles. The maximum Gasteiger partial charge on any atom is 0.421 e. The van der Waals surface area contributed by atoms with Gasteiger partial charge in [0.1, 0.15) is 11.4 Å². The van der Waals surface area contributed by atoms with E-state index in [0.29, 0.717) is 45.6 Å². The highest BCUT2D eigenvalue weighted by molar-refractivity contribution is 5.76. The molecule has 0 radical (unpaired) electrons. The molecule has 204 valence electrons. The summed E-state index contributed by atoms with van der Waals surface area (Å²) in [4.78, 5) is 36.9. The maximum absolute atomic E-state index is 13.2. The van der Waals surface area contributed by atoms with Crippen molar-refractivity contribution in [3.05, 3.63) is 39.9 Å². The summed E-state index contributed by atoms with van der Waals surface area (Å²) in [5.74, 6) is -0.0249.